The number of aromatic nitrogens is 3. The maximum absolute atomic E-state index is 12.5. The summed E-state index contributed by atoms with van der Waals surface area (Å²) in [6.07, 6.45) is 3.78. The summed E-state index contributed by atoms with van der Waals surface area (Å²) in [5, 5.41) is 9.23. The van der Waals surface area contributed by atoms with E-state index in [1.165, 1.54) is 0 Å². The molecule has 136 valence electrons. The third-order valence-corrected chi connectivity index (χ3v) is 5.22. The number of rotatable bonds is 5. The first-order valence-corrected chi connectivity index (χ1v) is 9.17. The molecule has 1 amide bonds. The summed E-state index contributed by atoms with van der Waals surface area (Å²) in [7, 11) is 0. The van der Waals surface area contributed by atoms with Gasteiger partial charge in [-0.3, -0.25) is 4.79 Å². The molecule has 0 unspecified atom stereocenters. The Bertz CT molecular complexity index is 1120. The Balaban J connectivity index is 1.49. The molecule has 4 aromatic rings. The van der Waals surface area contributed by atoms with Crippen molar-refractivity contribution in [2.24, 2.45) is 0 Å². The summed E-state index contributed by atoms with van der Waals surface area (Å²) < 4.78 is 1.69. The lowest BCUT2D eigenvalue weighted by Crippen LogP contribution is -2.18. The third kappa shape index (κ3) is 3.70. The van der Waals surface area contributed by atoms with Gasteiger partial charge in [0.2, 0.25) is 5.91 Å². The molecule has 0 aliphatic rings. The Labute approximate surface area is 165 Å². The quantitative estimate of drug-likeness (QED) is 0.501. The van der Waals surface area contributed by atoms with Crippen LogP contribution in [0.15, 0.2) is 60.9 Å². The molecule has 0 spiro atoms. The SMILES string of the molecule is O=C(Cc1c[nH]c2ccccc12)Nc1ccnn1Cc1cccc(Cl)c1Cl. The molecular weight excluding hydrogens is 383 g/mol. The molecule has 2 aromatic carbocycles. The van der Waals surface area contributed by atoms with Gasteiger partial charge in [0.15, 0.2) is 0 Å². The van der Waals surface area contributed by atoms with E-state index in [0.717, 1.165) is 22.0 Å². The average molecular weight is 399 g/mol. The second-order valence-corrected chi connectivity index (χ2v) is 6.96. The lowest BCUT2D eigenvalue weighted by molar-refractivity contribution is -0.115. The van der Waals surface area contributed by atoms with Crippen molar-refractivity contribution in [1.82, 2.24) is 14.8 Å². The summed E-state index contributed by atoms with van der Waals surface area (Å²) in [4.78, 5) is 15.7. The third-order valence-electron chi connectivity index (χ3n) is 4.36. The molecule has 0 atom stereocenters. The molecular formula is C20H16Cl2N4O. The minimum absolute atomic E-state index is 0.112. The molecule has 27 heavy (non-hydrogen) atoms. The molecule has 0 bridgehead atoms. The zero-order valence-corrected chi connectivity index (χ0v) is 15.8. The number of amides is 1. The van der Waals surface area contributed by atoms with Crippen molar-refractivity contribution >= 4 is 45.8 Å². The smallest absolute Gasteiger partial charge is 0.230 e. The number of fused-ring (bicyclic) bond motifs is 1. The molecule has 2 heterocycles. The Kier molecular flexibility index (Phi) is 4.88. The molecule has 2 aromatic heterocycles. The summed E-state index contributed by atoms with van der Waals surface area (Å²) in [6, 6.07) is 15.1. The molecule has 0 saturated heterocycles. The maximum atomic E-state index is 12.5. The molecule has 7 heteroatoms. The van der Waals surface area contributed by atoms with Crippen molar-refractivity contribution in [3.63, 3.8) is 0 Å². The average Bonchev–Trinajstić information content (AvgIpc) is 3.26. The number of nitrogens with one attached hydrogen (secondary N) is 2. The van der Waals surface area contributed by atoms with Gasteiger partial charge >= 0.3 is 0 Å². The van der Waals surface area contributed by atoms with Crippen LogP contribution in [-0.4, -0.2) is 20.7 Å². The van der Waals surface area contributed by atoms with Crippen LogP contribution in [0.1, 0.15) is 11.1 Å². The van der Waals surface area contributed by atoms with Crippen molar-refractivity contribution in [2.45, 2.75) is 13.0 Å². The van der Waals surface area contributed by atoms with Gasteiger partial charge in [0.05, 0.1) is 29.2 Å². The van der Waals surface area contributed by atoms with Crippen molar-refractivity contribution < 1.29 is 4.79 Å². The predicted octanol–water partition coefficient (Wildman–Crippen LogP) is 4.90. The van der Waals surface area contributed by atoms with Gasteiger partial charge in [-0.1, -0.05) is 53.5 Å². The van der Waals surface area contributed by atoms with Gasteiger partial charge in [-0.15, -0.1) is 0 Å². The Morgan fingerprint density at radius 2 is 1.93 bits per heavy atom. The van der Waals surface area contributed by atoms with E-state index in [2.05, 4.69) is 15.4 Å². The fourth-order valence-corrected chi connectivity index (χ4v) is 3.41. The van der Waals surface area contributed by atoms with Gasteiger partial charge in [-0.2, -0.15) is 5.10 Å². The number of benzene rings is 2. The first-order chi connectivity index (χ1) is 13.1. The fraction of sp³-hybridized carbons (Fsp3) is 0.100. The van der Waals surface area contributed by atoms with Gasteiger partial charge in [0.25, 0.3) is 0 Å². The maximum Gasteiger partial charge on any atom is 0.230 e. The van der Waals surface area contributed by atoms with Gasteiger partial charge in [0.1, 0.15) is 5.82 Å². The predicted molar refractivity (Wildman–Crippen MR) is 108 cm³/mol. The van der Waals surface area contributed by atoms with Crippen LogP contribution in [0.2, 0.25) is 10.0 Å². The topological polar surface area (TPSA) is 62.7 Å². The molecule has 0 aliphatic carbocycles. The van der Waals surface area contributed by atoms with E-state index < -0.39 is 0 Å². The van der Waals surface area contributed by atoms with Gasteiger partial charge in [-0.25, -0.2) is 4.68 Å². The lowest BCUT2D eigenvalue weighted by atomic mass is 10.1. The molecule has 5 nitrogen and oxygen atoms in total. The zero-order valence-electron chi connectivity index (χ0n) is 14.2. The molecule has 0 saturated carbocycles. The largest absolute Gasteiger partial charge is 0.361 e. The molecule has 0 aliphatic heterocycles. The van der Waals surface area contributed by atoms with Crippen LogP contribution in [0, 0.1) is 0 Å². The highest BCUT2D eigenvalue weighted by atomic mass is 35.5. The molecule has 2 N–H and O–H groups in total. The van der Waals surface area contributed by atoms with E-state index in [1.54, 1.807) is 23.0 Å². The van der Waals surface area contributed by atoms with E-state index in [-0.39, 0.29) is 12.3 Å². The summed E-state index contributed by atoms with van der Waals surface area (Å²) in [6.45, 7) is 0.412. The van der Waals surface area contributed by atoms with E-state index in [4.69, 9.17) is 23.2 Å². The highest BCUT2D eigenvalue weighted by molar-refractivity contribution is 6.42. The van der Waals surface area contributed by atoms with Crippen molar-refractivity contribution in [3.05, 3.63) is 82.1 Å². The number of hydrogen-bond donors (Lipinski definition) is 2. The number of H-pyrrole nitrogens is 1. The van der Waals surface area contributed by atoms with Crippen molar-refractivity contribution in [2.75, 3.05) is 5.32 Å². The normalized spacial score (nSPS) is 11.0. The summed E-state index contributed by atoms with van der Waals surface area (Å²) in [5.41, 5.74) is 2.80. The number of aromatic amines is 1. The number of nitrogens with zero attached hydrogens (tertiary/aromatic N) is 2. The number of hydrogen-bond acceptors (Lipinski definition) is 2. The van der Waals surface area contributed by atoms with Crippen LogP contribution in [0.3, 0.4) is 0 Å². The van der Waals surface area contributed by atoms with E-state index in [9.17, 15) is 4.79 Å². The number of carbonyl (C=O) groups is 1. The van der Waals surface area contributed by atoms with Crippen LogP contribution in [-0.2, 0) is 17.8 Å². The summed E-state index contributed by atoms with van der Waals surface area (Å²) >= 11 is 12.3. The monoisotopic (exact) mass is 398 g/mol. The number of carbonyl (C=O) groups excluding carboxylic acids is 1. The van der Waals surface area contributed by atoms with Crippen LogP contribution in [0.4, 0.5) is 5.82 Å². The van der Waals surface area contributed by atoms with E-state index >= 15 is 0 Å². The van der Waals surface area contributed by atoms with Crippen molar-refractivity contribution in [1.29, 1.82) is 0 Å². The van der Waals surface area contributed by atoms with E-state index in [1.807, 2.05) is 42.6 Å². The number of anilines is 1. The first-order valence-electron chi connectivity index (χ1n) is 8.41. The fourth-order valence-electron chi connectivity index (χ4n) is 3.03. The minimum atomic E-state index is -0.112. The van der Waals surface area contributed by atoms with Gasteiger partial charge in [0, 0.05) is 23.2 Å². The van der Waals surface area contributed by atoms with Crippen LogP contribution in [0.5, 0.6) is 0 Å². The zero-order chi connectivity index (χ0) is 18.8. The first kappa shape index (κ1) is 17.6. The Hall–Kier alpha value is -2.76. The van der Waals surface area contributed by atoms with Gasteiger partial charge in [-0.05, 0) is 23.3 Å². The highest BCUT2D eigenvalue weighted by Gasteiger charge is 2.13. The molecule has 4 rings (SSSR count). The number of halogens is 2. The number of para-hydroxylation sites is 1. The second kappa shape index (κ2) is 7.47. The highest BCUT2D eigenvalue weighted by Crippen LogP contribution is 2.26. The van der Waals surface area contributed by atoms with Crippen LogP contribution >= 0.6 is 23.2 Å². The van der Waals surface area contributed by atoms with Gasteiger partial charge < -0.3 is 10.3 Å². The van der Waals surface area contributed by atoms with Crippen LogP contribution in [0.25, 0.3) is 10.9 Å². The van der Waals surface area contributed by atoms with E-state index in [0.29, 0.717) is 22.4 Å². The molecule has 0 fully saturated rings. The standard InChI is InChI=1S/C20H16Cl2N4O/c21-16-6-3-4-13(20(16)22)12-26-18(8-9-24-26)25-19(27)10-14-11-23-17-7-2-1-5-15(14)17/h1-9,11,23H,10,12H2,(H,25,27). The van der Waals surface area contributed by atoms with Crippen molar-refractivity contribution in [3.8, 4) is 0 Å². The van der Waals surface area contributed by atoms with Crippen LogP contribution < -0.4 is 5.32 Å². The second-order valence-electron chi connectivity index (χ2n) is 6.17. The Morgan fingerprint density at radius 3 is 2.81 bits per heavy atom. The Morgan fingerprint density at radius 1 is 1.07 bits per heavy atom. The summed E-state index contributed by atoms with van der Waals surface area (Å²) in [5.74, 6) is 0.495. The lowest BCUT2D eigenvalue weighted by Gasteiger charge is -2.11. The molecule has 0 radical (unpaired) electrons. The minimum Gasteiger partial charge on any atom is -0.361 e.